The Balaban J connectivity index is 1.77. The number of benzene rings is 3. The van der Waals surface area contributed by atoms with Gasteiger partial charge in [0.1, 0.15) is 5.56 Å². The highest BCUT2D eigenvalue weighted by atomic mass is 16.2. The molecule has 0 aliphatic heterocycles. The molecule has 0 bridgehead atoms. The van der Waals surface area contributed by atoms with Gasteiger partial charge in [0.25, 0.3) is 5.91 Å². The first kappa shape index (κ1) is 19.6. The molecule has 4 aromatic rings. The average Bonchev–Trinajstić information content (AvgIpc) is 2.80. The van der Waals surface area contributed by atoms with Crippen LogP contribution >= 0.6 is 0 Å². The molecule has 3 aromatic carbocycles. The molecule has 150 valence electrons. The maximum Gasteiger partial charge on any atom is 0.259 e. The minimum absolute atomic E-state index is 0.211. The van der Waals surface area contributed by atoms with E-state index in [0.717, 1.165) is 16.6 Å². The molecule has 1 heterocycles. The summed E-state index contributed by atoms with van der Waals surface area (Å²) in [5.41, 5.74) is 2.89. The van der Waals surface area contributed by atoms with Crippen molar-refractivity contribution in [2.75, 3.05) is 0 Å². The highest BCUT2D eigenvalue weighted by Crippen LogP contribution is 2.16. The number of para-hydroxylation sites is 1. The van der Waals surface area contributed by atoms with E-state index in [2.05, 4.69) is 0 Å². The second kappa shape index (κ2) is 8.78. The number of hydrogen-bond acceptors (Lipinski definition) is 2. The molecule has 30 heavy (non-hydrogen) atoms. The van der Waals surface area contributed by atoms with Crippen molar-refractivity contribution in [1.29, 1.82) is 0 Å². The highest BCUT2D eigenvalue weighted by molar-refractivity contribution is 5.97. The average molecular weight is 396 g/mol. The Morgan fingerprint density at radius 1 is 0.800 bits per heavy atom. The van der Waals surface area contributed by atoms with Crippen LogP contribution in [0.4, 0.5) is 0 Å². The molecular weight excluding hydrogens is 372 g/mol. The van der Waals surface area contributed by atoms with E-state index in [9.17, 15) is 9.59 Å². The third-order valence-corrected chi connectivity index (χ3v) is 5.28. The second-order valence-electron chi connectivity index (χ2n) is 7.31. The van der Waals surface area contributed by atoms with Gasteiger partial charge in [-0.15, -0.1) is 0 Å². The van der Waals surface area contributed by atoms with Crippen molar-refractivity contribution in [1.82, 2.24) is 9.47 Å². The first-order valence-electron chi connectivity index (χ1n) is 10.2. The standard InChI is InChI=1S/C26H24N2O2/c1-2-27-19-23(25(29)22-15-9-10-16-24(22)27)26(30)28(17-20-11-5-3-6-12-20)18-21-13-7-4-8-14-21/h3-16,19H,2,17-18H2,1H3. The predicted molar refractivity (Wildman–Crippen MR) is 120 cm³/mol. The zero-order valence-electron chi connectivity index (χ0n) is 17.0. The van der Waals surface area contributed by atoms with E-state index in [1.54, 1.807) is 17.2 Å². The fraction of sp³-hybridized carbons (Fsp3) is 0.154. The summed E-state index contributed by atoms with van der Waals surface area (Å²) in [6.45, 7) is 3.56. The van der Waals surface area contributed by atoms with Crippen LogP contribution in [0, 0.1) is 0 Å². The van der Waals surface area contributed by atoms with Gasteiger partial charge in [-0.05, 0) is 30.2 Å². The molecule has 0 aliphatic carbocycles. The molecule has 4 rings (SSSR count). The van der Waals surface area contributed by atoms with Crippen LogP contribution in [0.15, 0.2) is 95.9 Å². The molecule has 0 radical (unpaired) electrons. The molecule has 0 atom stereocenters. The van der Waals surface area contributed by atoms with Gasteiger partial charge in [-0.3, -0.25) is 9.59 Å². The fourth-order valence-electron chi connectivity index (χ4n) is 3.74. The van der Waals surface area contributed by atoms with E-state index in [-0.39, 0.29) is 16.9 Å². The Bertz CT molecular complexity index is 1170. The van der Waals surface area contributed by atoms with Gasteiger partial charge in [0.2, 0.25) is 5.43 Å². The van der Waals surface area contributed by atoms with E-state index < -0.39 is 0 Å². The smallest absolute Gasteiger partial charge is 0.259 e. The summed E-state index contributed by atoms with van der Waals surface area (Å²) in [5.74, 6) is -0.249. The summed E-state index contributed by atoms with van der Waals surface area (Å²) < 4.78 is 1.97. The Hall–Kier alpha value is -3.66. The van der Waals surface area contributed by atoms with E-state index in [0.29, 0.717) is 25.0 Å². The van der Waals surface area contributed by atoms with Crippen molar-refractivity contribution >= 4 is 16.8 Å². The van der Waals surface area contributed by atoms with Crippen LogP contribution in [0.5, 0.6) is 0 Å². The van der Waals surface area contributed by atoms with Gasteiger partial charge in [-0.2, -0.15) is 0 Å². The molecule has 0 saturated heterocycles. The van der Waals surface area contributed by atoms with Crippen LogP contribution in [-0.4, -0.2) is 15.4 Å². The maximum atomic E-state index is 13.6. The molecule has 0 unspecified atom stereocenters. The van der Waals surface area contributed by atoms with Gasteiger partial charge in [0, 0.05) is 31.2 Å². The van der Waals surface area contributed by atoms with Gasteiger partial charge in [0.15, 0.2) is 0 Å². The van der Waals surface area contributed by atoms with Gasteiger partial charge in [-0.25, -0.2) is 0 Å². The maximum absolute atomic E-state index is 13.6. The van der Waals surface area contributed by atoms with Crippen molar-refractivity contribution in [3.8, 4) is 0 Å². The lowest BCUT2D eigenvalue weighted by atomic mass is 10.1. The number of fused-ring (bicyclic) bond motifs is 1. The second-order valence-corrected chi connectivity index (χ2v) is 7.31. The van der Waals surface area contributed by atoms with Crippen LogP contribution < -0.4 is 5.43 Å². The van der Waals surface area contributed by atoms with Crippen LogP contribution in [0.2, 0.25) is 0 Å². The summed E-state index contributed by atoms with van der Waals surface area (Å²) in [6, 6.07) is 27.2. The number of carbonyl (C=O) groups is 1. The molecule has 1 amide bonds. The van der Waals surface area contributed by atoms with Crippen molar-refractivity contribution in [3.05, 3.63) is 118 Å². The van der Waals surface area contributed by atoms with Gasteiger partial charge < -0.3 is 9.47 Å². The number of pyridine rings is 1. The minimum atomic E-state index is -0.249. The largest absolute Gasteiger partial charge is 0.347 e. The summed E-state index contributed by atoms with van der Waals surface area (Å²) in [7, 11) is 0. The van der Waals surface area contributed by atoms with Gasteiger partial charge in [-0.1, -0.05) is 72.8 Å². The lowest BCUT2D eigenvalue weighted by Gasteiger charge is -2.24. The van der Waals surface area contributed by atoms with Crippen LogP contribution in [-0.2, 0) is 19.6 Å². The third kappa shape index (κ3) is 4.03. The monoisotopic (exact) mass is 396 g/mol. The molecule has 0 saturated carbocycles. The summed E-state index contributed by atoms with van der Waals surface area (Å²) in [5, 5.41) is 0.574. The van der Waals surface area contributed by atoms with Crippen LogP contribution in [0.1, 0.15) is 28.4 Å². The van der Waals surface area contributed by atoms with Crippen molar-refractivity contribution in [2.24, 2.45) is 0 Å². The predicted octanol–water partition coefficient (Wildman–Crippen LogP) is 4.86. The highest BCUT2D eigenvalue weighted by Gasteiger charge is 2.21. The molecule has 0 spiro atoms. The molecule has 0 N–H and O–H groups in total. The number of carbonyl (C=O) groups excluding carboxylic acids is 1. The van der Waals surface area contributed by atoms with Gasteiger partial charge in [0.05, 0.1) is 5.52 Å². The lowest BCUT2D eigenvalue weighted by molar-refractivity contribution is 0.0728. The Kier molecular flexibility index (Phi) is 5.75. The van der Waals surface area contributed by atoms with E-state index in [4.69, 9.17) is 0 Å². The Labute approximate surface area is 176 Å². The molecule has 0 fully saturated rings. The summed E-state index contributed by atoms with van der Waals surface area (Å²) in [4.78, 5) is 28.5. The summed E-state index contributed by atoms with van der Waals surface area (Å²) in [6.07, 6.45) is 1.70. The van der Waals surface area contributed by atoms with Crippen LogP contribution in [0.3, 0.4) is 0 Å². The molecule has 1 aromatic heterocycles. The van der Waals surface area contributed by atoms with E-state index >= 15 is 0 Å². The first-order valence-corrected chi connectivity index (χ1v) is 10.2. The number of rotatable bonds is 6. The quantitative estimate of drug-likeness (QED) is 0.467. The normalized spacial score (nSPS) is 10.8. The van der Waals surface area contributed by atoms with Crippen molar-refractivity contribution < 1.29 is 4.79 Å². The SMILES string of the molecule is CCn1cc(C(=O)N(Cc2ccccc2)Cc2ccccc2)c(=O)c2ccccc21. The molecule has 4 nitrogen and oxygen atoms in total. The van der Waals surface area contributed by atoms with E-state index in [1.807, 2.05) is 90.4 Å². The molecule has 0 aliphatic rings. The molecular formula is C26H24N2O2. The zero-order chi connectivity index (χ0) is 20.9. The zero-order valence-corrected chi connectivity index (χ0v) is 17.0. The number of aryl methyl sites for hydroxylation is 1. The van der Waals surface area contributed by atoms with Crippen molar-refractivity contribution in [3.63, 3.8) is 0 Å². The lowest BCUT2D eigenvalue weighted by Crippen LogP contribution is -2.34. The van der Waals surface area contributed by atoms with Crippen LogP contribution in [0.25, 0.3) is 10.9 Å². The minimum Gasteiger partial charge on any atom is -0.347 e. The van der Waals surface area contributed by atoms with Gasteiger partial charge >= 0.3 is 0 Å². The van der Waals surface area contributed by atoms with E-state index in [1.165, 1.54) is 0 Å². The molecule has 4 heteroatoms. The number of aromatic nitrogens is 1. The summed E-state index contributed by atoms with van der Waals surface area (Å²) >= 11 is 0. The first-order chi connectivity index (χ1) is 14.7. The number of amides is 1. The Morgan fingerprint density at radius 3 is 1.90 bits per heavy atom. The Morgan fingerprint density at radius 2 is 1.33 bits per heavy atom. The number of hydrogen-bond donors (Lipinski definition) is 0. The van der Waals surface area contributed by atoms with Crippen molar-refractivity contribution in [2.45, 2.75) is 26.6 Å². The third-order valence-electron chi connectivity index (χ3n) is 5.28. The fourth-order valence-corrected chi connectivity index (χ4v) is 3.74. The topological polar surface area (TPSA) is 42.3 Å². The number of nitrogens with zero attached hydrogens (tertiary/aromatic N) is 2.